The van der Waals surface area contributed by atoms with E-state index in [9.17, 15) is 13.9 Å². The van der Waals surface area contributed by atoms with Crippen LogP contribution in [-0.2, 0) is 11.3 Å². The average Bonchev–Trinajstić information content (AvgIpc) is 3.39. The van der Waals surface area contributed by atoms with Crippen molar-refractivity contribution >= 4 is 11.5 Å². The Kier molecular flexibility index (Phi) is 7.23. The Bertz CT molecular complexity index is 1190. The number of aromatic nitrogens is 3. The second kappa shape index (κ2) is 10.4. The number of aliphatic hydroxyl groups excluding tert-OH is 1. The minimum Gasteiger partial charge on any atom is -0.393 e. The van der Waals surface area contributed by atoms with Crippen molar-refractivity contribution in [1.82, 2.24) is 19.5 Å². The Hall–Kier alpha value is -2.62. The molecule has 5 rings (SSSR count). The molecule has 0 radical (unpaired) electrons. The lowest BCUT2D eigenvalue weighted by atomic mass is 9.85. The summed E-state index contributed by atoms with van der Waals surface area (Å²) in [6.45, 7) is 3.29. The Morgan fingerprint density at radius 1 is 1.22 bits per heavy atom. The highest BCUT2D eigenvalue weighted by Crippen LogP contribution is 2.38. The molecule has 0 spiro atoms. The van der Waals surface area contributed by atoms with Crippen molar-refractivity contribution in [2.45, 2.75) is 69.6 Å². The largest absolute Gasteiger partial charge is 0.393 e. The van der Waals surface area contributed by atoms with E-state index in [1.165, 1.54) is 0 Å². The van der Waals surface area contributed by atoms with Gasteiger partial charge in [0.05, 0.1) is 31.0 Å². The molecule has 194 valence electrons. The zero-order valence-corrected chi connectivity index (χ0v) is 21.0. The molecule has 2 fully saturated rings. The van der Waals surface area contributed by atoms with Crippen molar-refractivity contribution in [2.75, 3.05) is 32.1 Å². The van der Waals surface area contributed by atoms with E-state index in [2.05, 4.69) is 28.5 Å². The first-order valence-corrected chi connectivity index (χ1v) is 12.8. The molecule has 3 aromatic rings. The molecule has 9 heteroatoms. The lowest BCUT2D eigenvalue weighted by Gasteiger charge is -2.25. The van der Waals surface area contributed by atoms with E-state index >= 15 is 0 Å². The van der Waals surface area contributed by atoms with E-state index in [1.807, 2.05) is 34.7 Å². The van der Waals surface area contributed by atoms with Gasteiger partial charge in [0.1, 0.15) is 0 Å². The number of hydrogen-bond donors (Lipinski definition) is 2. The molecule has 2 aliphatic rings. The molecule has 0 unspecified atom stereocenters. The van der Waals surface area contributed by atoms with Gasteiger partial charge in [-0.3, -0.25) is 4.90 Å². The number of anilines is 1. The molecule has 1 atom stereocenters. The van der Waals surface area contributed by atoms with Crippen LogP contribution in [0.2, 0.25) is 0 Å². The van der Waals surface area contributed by atoms with Gasteiger partial charge in [-0.25, -0.2) is 18.3 Å². The second-order valence-corrected chi connectivity index (χ2v) is 10.4. The number of hydrogen-bond acceptors (Lipinski definition) is 6. The predicted molar refractivity (Wildman–Crippen MR) is 135 cm³/mol. The van der Waals surface area contributed by atoms with Crippen LogP contribution in [0.1, 0.15) is 56.2 Å². The molecule has 1 saturated carbocycles. The summed E-state index contributed by atoms with van der Waals surface area (Å²) < 4.78 is 34.6. The van der Waals surface area contributed by atoms with Crippen LogP contribution in [0.5, 0.6) is 0 Å². The van der Waals surface area contributed by atoms with Crippen molar-refractivity contribution in [3.63, 3.8) is 0 Å². The Morgan fingerprint density at radius 3 is 2.75 bits per heavy atom. The summed E-state index contributed by atoms with van der Waals surface area (Å²) in [4.78, 5) is 6.39. The number of ether oxygens (including phenoxy) is 1. The highest BCUT2D eigenvalue weighted by Gasteiger charge is 2.38. The Balaban J connectivity index is 1.48. The fraction of sp³-hybridized carbons (Fsp3) is 0.556. The third-order valence-corrected chi connectivity index (χ3v) is 7.34. The van der Waals surface area contributed by atoms with Crippen LogP contribution in [0.4, 0.5) is 14.7 Å². The minimum absolute atomic E-state index is 0.0606. The first-order chi connectivity index (χ1) is 17.3. The van der Waals surface area contributed by atoms with Gasteiger partial charge in [0.25, 0.3) is 5.92 Å². The van der Waals surface area contributed by atoms with Gasteiger partial charge < -0.3 is 15.2 Å². The Labute approximate surface area is 210 Å². The predicted octanol–water partition coefficient (Wildman–Crippen LogP) is 4.70. The first kappa shape index (κ1) is 25.0. The van der Waals surface area contributed by atoms with E-state index in [0.29, 0.717) is 31.6 Å². The number of benzene rings is 1. The topological polar surface area (TPSA) is 74.9 Å². The third-order valence-electron chi connectivity index (χ3n) is 7.34. The number of fused-ring (bicyclic) bond motifs is 1. The maximum Gasteiger partial charge on any atom is 0.261 e. The molecule has 2 N–H and O–H groups in total. The van der Waals surface area contributed by atoms with Gasteiger partial charge in [0.2, 0.25) is 5.95 Å². The van der Waals surface area contributed by atoms with Crippen molar-refractivity contribution in [2.24, 2.45) is 0 Å². The van der Waals surface area contributed by atoms with Crippen LogP contribution < -0.4 is 5.32 Å². The van der Waals surface area contributed by atoms with Gasteiger partial charge in [-0.1, -0.05) is 18.2 Å². The molecule has 0 amide bonds. The van der Waals surface area contributed by atoms with Crippen LogP contribution in [0.15, 0.2) is 36.5 Å². The number of methoxy groups -OCH3 is 1. The number of aliphatic hydroxyl groups is 1. The number of nitrogens with one attached hydrogen (secondary N) is 1. The fourth-order valence-corrected chi connectivity index (χ4v) is 5.52. The van der Waals surface area contributed by atoms with Gasteiger partial charge in [-0.15, -0.1) is 5.10 Å². The van der Waals surface area contributed by atoms with Crippen LogP contribution in [0.3, 0.4) is 0 Å². The van der Waals surface area contributed by atoms with Crippen LogP contribution in [0.25, 0.3) is 16.6 Å². The highest BCUT2D eigenvalue weighted by atomic mass is 19.3. The normalized spacial score (nSPS) is 23.2. The van der Waals surface area contributed by atoms with Gasteiger partial charge >= 0.3 is 0 Å². The molecule has 2 aromatic heterocycles. The van der Waals surface area contributed by atoms with Crippen LogP contribution in [-0.4, -0.2) is 69.5 Å². The summed E-state index contributed by atoms with van der Waals surface area (Å²) in [7, 11) is 1.67. The SMILES string of the molecule is COC[C@H](C)Nc1ncc2c(-c3cccc(CN4CCC(F)(F)C4)c3)cc(C3CCC(O)CC3)n2n1. The molecule has 1 aromatic carbocycles. The number of halogens is 2. The van der Waals surface area contributed by atoms with Crippen LogP contribution >= 0.6 is 0 Å². The van der Waals surface area contributed by atoms with Crippen molar-refractivity contribution in [3.8, 4) is 11.1 Å². The Morgan fingerprint density at radius 2 is 2.03 bits per heavy atom. The van der Waals surface area contributed by atoms with E-state index < -0.39 is 5.92 Å². The summed E-state index contributed by atoms with van der Waals surface area (Å²) in [5.41, 5.74) is 5.09. The number of alkyl halides is 2. The summed E-state index contributed by atoms with van der Waals surface area (Å²) in [6, 6.07) is 10.4. The monoisotopic (exact) mass is 499 g/mol. The van der Waals surface area contributed by atoms with E-state index in [4.69, 9.17) is 9.84 Å². The van der Waals surface area contributed by atoms with Gasteiger partial charge in [-0.2, -0.15) is 0 Å². The third kappa shape index (κ3) is 5.53. The quantitative estimate of drug-likeness (QED) is 0.468. The molecule has 3 heterocycles. The maximum atomic E-state index is 13.7. The second-order valence-electron chi connectivity index (χ2n) is 10.4. The minimum atomic E-state index is -2.59. The lowest BCUT2D eigenvalue weighted by Crippen LogP contribution is -2.24. The van der Waals surface area contributed by atoms with Gasteiger partial charge in [-0.05, 0) is 55.9 Å². The van der Waals surface area contributed by atoms with Gasteiger partial charge in [0, 0.05) is 49.8 Å². The molecule has 1 aliphatic heterocycles. The molecule has 1 saturated heterocycles. The molecular weight excluding hydrogens is 464 g/mol. The van der Waals surface area contributed by atoms with E-state index in [0.717, 1.165) is 53.6 Å². The molecule has 7 nitrogen and oxygen atoms in total. The van der Waals surface area contributed by atoms with Crippen LogP contribution in [0, 0.1) is 0 Å². The smallest absolute Gasteiger partial charge is 0.261 e. The van der Waals surface area contributed by atoms with Gasteiger partial charge in [0.15, 0.2) is 0 Å². The first-order valence-electron chi connectivity index (χ1n) is 12.8. The summed E-state index contributed by atoms with van der Waals surface area (Å²) in [5.74, 6) is -1.76. The zero-order chi connectivity index (χ0) is 25.3. The zero-order valence-electron chi connectivity index (χ0n) is 21.0. The van der Waals surface area contributed by atoms with E-state index in [-0.39, 0.29) is 25.1 Å². The molecule has 1 aliphatic carbocycles. The number of rotatable bonds is 8. The maximum absolute atomic E-state index is 13.7. The van der Waals surface area contributed by atoms with E-state index in [1.54, 1.807) is 7.11 Å². The number of likely N-dealkylation sites (tertiary alicyclic amines) is 1. The summed E-state index contributed by atoms with van der Waals surface area (Å²) >= 11 is 0. The van der Waals surface area contributed by atoms with Crippen molar-refractivity contribution < 1.29 is 18.6 Å². The molecule has 0 bridgehead atoms. The van der Waals surface area contributed by atoms with Crippen molar-refractivity contribution in [3.05, 3.63) is 47.8 Å². The highest BCUT2D eigenvalue weighted by molar-refractivity contribution is 5.82. The number of nitrogens with zero attached hydrogens (tertiary/aromatic N) is 4. The standard InChI is InChI=1S/C27H35F2N5O2/c1-18(16-36-2)31-26-30-14-25-23(13-24(34(25)32-26)20-6-8-22(35)9-7-20)21-5-3-4-19(12-21)15-33-11-10-27(28,29)17-33/h3-5,12-14,18,20,22,35H,6-11,15-17H2,1-2H3,(H,31,32)/t18-,20?,22?/m0/s1. The van der Waals surface area contributed by atoms with Crippen molar-refractivity contribution in [1.29, 1.82) is 0 Å². The summed E-state index contributed by atoms with van der Waals surface area (Å²) in [5, 5.41) is 18.2. The average molecular weight is 500 g/mol. The lowest BCUT2D eigenvalue weighted by molar-refractivity contribution is 0.0115. The molecular formula is C27H35F2N5O2. The fourth-order valence-electron chi connectivity index (χ4n) is 5.52. The summed E-state index contributed by atoms with van der Waals surface area (Å²) in [6.07, 6.45) is 4.91. The molecule has 36 heavy (non-hydrogen) atoms.